The zero-order valence-corrected chi connectivity index (χ0v) is 9.91. The SMILES string of the molecule is O=C(CNC1CC1)Nc1ccc2c(c1)OC(F)(F)O2. The quantitative estimate of drug-likeness (QED) is 0.874. The first-order valence-electron chi connectivity index (χ1n) is 5.95. The Labute approximate surface area is 107 Å². The summed E-state index contributed by atoms with van der Waals surface area (Å²) < 4.78 is 34.2. The molecule has 0 unspecified atom stereocenters. The van der Waals surface area contributed by atoms with Crippen molar-refractivity contribution in [2.24, 2.45) is 0 Å². The molecule has 2 aliphatic rings. The average molecular weight is 270 g/mol. The van der Waals surface area contributed by atoms with E-state index in [1.807, 2.05) is 0 Å². The second-order valence-corrected chi connectivity index (χ2v) is 4.53. The summed E-state index contributed by atoms with van der Waals surface area (Å²) in [6.45, 7) is 0.204. The third-order valence-corrected chi connectivity index (χ3v) is 2.81. The number of halogens is 2. The highest BCUT2D eigenvalue weighted by molar-refractivity contribution is 5.92. The number of hydrogen-bond acceptors (Lipinski definition) is 4. The van der Waals surface area contributed by atoms with Crippen molar-refractivity contribution in [1.29, 1.82) is 0 Å². The van der Waals surface area contributed by atoms with Crippen LogP contribution in [0.25, 0.3) is 0 Å². The topological polar surface area (TPSA) is 59.6 Å². The number of carbonyl (C=O) groups excluding carboxylic acids is 1. The fraction of sp³-hybridized carbons (Fsp3) is 0.417. The van der Waals surface area contributed by atoms with Crippen LogP contribution in [-0.4, -0.2) is 24.8 Å². The van der Waals surface area contributed by atoms with E-state index in [1.165, 1.54) is 18.2 Å². The Morgan fingerprint density at radius 2 is 2.05 bits per heavy atom. The third-order valence-electron chi connectivity index (χ3n) is 2.81. The number of nitrogens with one attached hydrogen (secondary N) is 2. The van der Waals surface area contributed by atoms with Crippen molar-refractivity contribution in [3.05, 3.63) is 18.2 Å². The van der Waals surface area contributed by atoms with Gasteiger partial charge in [-0.05, 0) is 25.0 Å². The summed E-state index contributed by atoms with van der Waals surface area (Å²) in [5, 5.41) is 5.65. The number of carbonyl (C=O) groups is 1. The largest absolute Gasteiger partial charge is 0.586 e. The highest BCUT2D eigenvalue weighted by Gasteiger charge is 2.43. The second kappa shape index (κ2) is 4.34. The Morgan fingerprint density at radius 3 is 2.79 bits per heavy atom. The molecule has 1 amide bonds. The lowest BCUT2D eigenvalue weighted by atomic mass is 10.3. The van der Waals surface area contributed by atoms with Gasteiger partial charge in [0.25, 0.3) is 0 Å². The molecule has 1 saturated carbocycles. The fourth-order valence-electron chi connectivity index (χ4n) is 1.76. The first kappa shape index (κ1) is 12.2. The Morgan fingerprint density at radius 1 is 1.32 bits per heavy atom. The van der Waals surface area contributed by atoms with Crippen LogP contribution in [-0.2, 0) is 4.79 Å². The van der Waals surface area contributed by atoms with E-state index < -0.39 is 6.29 Å². The molecule has 19 heavy (non-hydrogen) atoms. The summed E-state index contributed by atoms with van der Waals surface area (Å²) >= 11 is 0. The molecule has 7 heteroatoms. The van der Waals surface area contributed by atoms with Crippen molar-refractivity contribution >= 4 is 11.6 Å². The number of alkyl halides is 2. The normalized spacial score (nSPS) is 19.3. The maximum atomic E-state index is 12.8. The standard InChI is InChI=1S/C12H12F2N2O3/c13-12(14)18-9-4-3-8(5-10(9)19-12)16-11(17)6-15-7-1-2-7/h3-5,7,15H,1-2,6H2,(H,16,17). The Bertz CT molecular complexity index is 518. The van der Waals surface area contributed by atoms with Crippen LogP contribution >= 0.6 is 0 Å². The molecule has 1 aromatic rings. The van der Waals surface area contributed by atoms with Gasteiger partial charge in [-0.25, -0.2) is 0 Å². The number of anilines is 1. The Kier molecular flexibility index (Phi) is 2.78. The molecule has 0 saturated heterocycles. The molecule has 0 atom stereocenters. The molecule has 0 spiro atoms. The molecule has 1 heterocycles. The highest BCUT2D eigenvalue weighted by Crippen LogP contribution is 2.42. The zero-order chi connectivity index (χ0) is 13.5. The van der Waals surface area contributed by atoms with Gasteiger partial charge in [0.1, 0.15) is 0 Å². The van der Waals surface area contributed by atoms with Crippen molar-refractivity contribution in [3.63, 3.8) is 0 Å². The van der Waals surface area contributed by atoms with Crippen LogP contribution in [0.15, 0.2) is 18.2 Å². The van der Waals surface area contributed by atoms with Gasteiger partial charge in [-0.15, -0.1) is 8.78 Å². The monoisotopic (exact) mass is 270 g/mol. The van der Waals surface area contributed by atoms with E-state index in [0.29, 0.717) is 11.7 Å². The maximum absolute atomic E-state index is 12.8. The van der Waals surface area contributed by atoms with Gasteiger partial charge in [0.2, 0.25) is 5.91 Å². The Balaban J connectivity index is 1.61. The summed E-state index contributed by atoms with van der Waals surface area (Å²) in [5.41, 5.74) is 0.391. The van der Waals surface area contributed by atoms with Gasteiger partial charge in [0.15, 0.2) is 11.5 Å². The molecular formula is C12H12F2N2O3. The van der Waals surface area contributed by atoms with Crippen LogP contribution in [0.1, 0.15) is 12.8 Å². The van der Waals surface area contributed by atoms with Gasteiger partial charge in [-0.1, -0.05) is 0 Å². The number of rotatable bonds is 4. The number of ether oxygens (including phenoxy) is 2. The first-order valence-corrected chi connectivity index (χ1v) is 5.95. The molecule has 0 aromatic heterocycles. The van der Waals surface area contributed by atoms with Crippen LogP contribution in [0, 0.1) is 0 Å². The molecule has 1 aliphatic carbocycles. The molecule has 1 aromatic carbocycles. The van der Waals surface area contributed by atoms with Crippen LogP contribution in [0.4, 0.5) is 14.5 Å². The van der Waals surface area contributed by atoms with E-state index >= 15 is 0 Å². The van der Waals surface area contributed by atoms with Gasteiger partial charge in [0.05, 0.1) is 6.54 Å². The lowest BCUT2D eigenvalue weighted by molar-refractivity contribution is -0.286. The van der Waals surface area contributed by atoms with E-state index in [2.05, 4.69) is 20.1 Å². The predicted molar refractivity (Wildman–Crippen MR) is 62.3 cm³/mol. The van der Waals surface area contributed by atoms with Crippen molar-refractivity contribution in [3.8, 4) is 11.5 Å². The lowest BCUT2D eigenvalue weighted by Crippen LogP contribution is -2.29. The summed E-state index contributed by atoms with van der Waals surface area (Å²) in [7, 11) is 0. The summed E-state index contributed by atoms with van der Waals surface area (Å²) in [5.74, 6) is -0.352. The van der Waals surface area contributed by atoms with E-state index in [9.17, 15) is 13.6 Å². The summed E-state index contributed by atoms with van der Waals surface area (Å²) in [4.78, 5) is 11.6. The van der Waals surface area contributed by atoms with Gasteiger partial charge in [-0.2, -0.15) is 0 Å². The summed E-state index contributed by atoms with van der Waals surface area (Å²) in [6.07, 6.45) is -1.46. The predicted octanol–water partition coefficient (Wildman–Crippen LogP) is 1.70. The number of fused-ring (bicyclic) bond motifs is 1. The van der Waals surface area contributed by atoms with E-state index in [4.69, 9.17) is 0 Å². The van der Waals surface area contributed by atoms with Crippen LogP contribution in [0.5, 0.6) is 11.5 Å². The minimum absolute atomic E-state index is 0.0425. The molecule has 5 nitrogen and oxygen atoms in total. The zero-order valence-electron chi connectivity index (χ0n) is 9.91. The second-order valence-electron chi connectivity index (χ2n) is 4.53. The minimum Gasteiger partial charge on any atom is -0.395 e. The third kappa shape index (κ3) is 2.93. The number of amides is 1. The molecule has 102 valence electrons. The van der Waals surface area contributed by atoms with Gasteiger partial charge in [-0.3, -0.25) is 4.79 Å². The highest BCUT2D eigenvalue weighted by atomic mass is 19.3. The van der Waals surface area contributed by atoms with Crippen molar-refractivity contribution in [2.75, 3.05) is 11.9 Å². The van der Waals surface area contributed by atoms with Crippen molar-refractivity contribution < 1.29 is 23.0 Å². The lowest BCUT2D eigenvalue weighted by Gasteiger charge is -2.06. The van der Waals surface area contributed by atoms with E-state index in [1.54, 1.807) is 0 Å². The van der Waals surface area contributed by atoms with E-state index in [0.717, 1.165) is 12.8 Å². The molecule has 1 aliphatic heterocycles. The number of benzene rings is 1. The maximum Gasteiger partial charge on any atom is 0.586 e. The van der Waals surface area contributed by atoms with E-state index in [-0.39, 0.29) is 24.0 Å². The van der Waals surface area contributed by atoms with Crippen molar-refractivity contribution in [2.45, 2.75) is 25.2 Å². The average Bonchev–Trinajstić information content (AvgIpc) is 3.08. The van der Waals surface area contributed by atoms with Crippen LogP contribution in [0.2, 0.25) is 0 Å². The van der Waals surface area contributed by atoms with Gasteiger partial charge >= 0.3 is 6.29 Å². The molecular weight excluding hydrogens is 258 g/mol. The van der Waals surface area contributed by atoms with Gasteiger partial charge < -0.3 is 20.1 Å². The molecule has 2 N–H and O–H groups in total. The smallest absolute Gasteiger partial charge is 0.395 e. The fourth-order valence-corrected chi connectivity index (χ4v) is 1.76. The summed E-state index contributed by atoms with van der Waals surface area (Å²) in [6, 6.07) is 4.56. The molecule has 1 fully saturated rings. The minimum atomic E-state index is -3.64. The van der Waals surface area contributed by atoms with Crippen molar-refractivity contribution in [1.82, 2.24) is 5.32 Å². The first-order chi connectivity index (χ1) is 9.02. The van der Waals surface area contributed by atoms with Crippen LogP contribution < -0.4 is 20.1 Å². The van der Waals surface area contributed by atoms with Crippen LogP contribution in [0.3, 0.4) is 0 Å². The Hall–Kier alpha value is -1.89. The number of hydrogen-bond donors (Lipinski definition) is 2. The molecule has 0 radical (unpaired) electrons. The van der Waals surface area contributed by atoms with Gasteiger partial charge in [0, 0.05) is 17.8 Å². The molecule has 3 rings (SSSR count). The molecule has 0 bridgehead atoms.